The zero-order chi connectivity index (χ0) is 31.8. The van der Waals surface area contributed by atoms with E-state index in [-0.39, 0.29) is 13.2 Å². The smallest absolute Gasteiger partial charge is 0.327 e. The van der Waals surface area contributed by atoms with Crippen molar-refractivity contribution >= 4 is 17.7 Å². The number of carbonyl (C=O) groups is 3. The van der Waals surface area contributed by atoms with E-state index in [0.717, 1.165) is 5.56 Å². The van der Waals surface area contributed by atoms with E-state index in [1.165, 1.54) is 7.11 Å². The summed E-state index contributed by atoms with van der Waals surface area (Å²) in [5, 5.41) is 0. The highest BCUT2D eigenvalue weighted by atomic mass is 16.6. The highest BCUT2D eigenvalue weighted by Gasteiger charge is 2.70. The van der Waals surface area contributed by atoms with E-state index in [1.807, 2.05) is 48.5 Å². The van der Waals surface area contributed by atoms with Crippen LogP contribution in [0.15, 0.2) is 109 Å². The van der Waals surface area contributed by atoms with Crippen molar-refractivity contribution in [2.24, 2.45) is 11.3 Å². The molecule has 0 aliphatic carbocycles. The molecule has 5 rings (SSSR count). The molecular weight excluding hydrogens is 572 g/mol. The predicted octanol–water partition coefficient (Wildman–Crippen LogP) is 6.70. The number of methoxy groups -OCH3 is 1. The summed E-state index contributed by atoms with van der Waals surface area (Å²) >= 11 is 0. The molecule has 0 bridgehead atoms. The van der Waals surface area contributed by atoms with Crippen molar-refractivity contribution in [3.63, 3.8) is 0 Å². The van der Waals surface area contributed by atoms with E-state index in [1.54, 1.807) is 74.5 Å². The number of ketones is 1. The van der Waals surface area contributed by atoms with Crippen LogP contribution in [0.3, 0.4) is 0 Å². The average molecular weight is 609 g/mol. The highest BCUT2D eigenvalue weighted by molar-refractivity contribution is 6.10. The molecule has 1 aliphatic rings. The first kappa shape index (κ1) is 31.5. The summed E-state index contributed by atoms with van der Waals surface area (Å²) in [6, 6.07) is 32.4. The number of hydrogen-bond donors (Lipinski definition) is 0. The van der Waals surface area contributed by atoms with Crippen LogP contribution in [0.1, 0.15) is 53.1 Å². The molecule has 45 heavy (non-hydrogen) atoms. The second-order valence-electron chi connectivity index (χ2n) is 10.5. The van der Waals surface area contributed by atoms with E-state index in [4.69, 9.17) is 23.7 Å². The molecule has 0 unspecified atom stereocenters. The molecule has 1 fully saturated rings. The number of rotatable bonds is 12. The van der Waals surface area contributed by atoms with Crippen LogP contribution in [0.4, 0.5) is 0 Å². The minimum atomic E-state index is -2.18. The van der Waals surface area contributed by atoms with Crippen molar-refractivity contribution in [1.82, 2.24) is 0 Å². The lowest BCUT2D eigenvalue weighted by Crippen LogP contribution is -2.51. The molecule has 0 amide bonds. The number of hydrogen-bond acceptors (Lipinski definition) is 8. The summed E-state index contributed by atoms with van der Waals surface area (Å²) in [7, 11) is 1.50. The first-order valence-electron chi connectivity index (χ1n) is 14.9. The van der Waals surface area contributed by atoms with Crippen LogP contribution in [0.25, 0.3) is 0 Å². The highest BCUT2D eigenvalue weighted by Crippen LogP contribution is 2.60. The van der Waals surface area contributed by atoms with E-state index in [9.17, 15) is 14.4 Å². The van der Waals surface area contributed by atoms with Crippen LogP contribution in [0.2, 0.25) is 0 Å². The van der Waals surface area contributed by atoms with E-state index in [2.05, 4.69) is 0 Å². The summed E-state index contributed by atoms with van der Waals surface area (Å²) in [6.07, 6.45) is -2.26. The molecule has 3 atom stereocenters. The Labute approximate surface area is 262 Å². The lowest BCUT2D eigenvalue weighted by Gasteiger charge is -2.34. The normalized spacial score (nSPS) is 18.5. The molecule has 8 nitrogen and oxygen atoms in total. The van der Waals surface area contributed by atoms with Crippen LogP contribution in [-0.2, 0) is 30.4 Å². The molecule has 4 aromatic rings. The van der Waals surface area contributed by atoms with Gasteiger partial charge in [0.05, 0.1) is 32.3 Å². The average Bonchev–Trinajstić information content (AvgIpc) is 3.45. The molecule has 1 saturated heterocycles. The van der Waals surface area contributed by atoms with Crippen LogP contribution < -0.4 is 9.47 Å². The molecule has 1 heterocycles. The van der Waals surface area contributed by atoms with Gasteiger partial charge >= 0.3 is 11.9 Å². The van der Waals surface area contributed by atoms with Gasteiger partial charge in [0.15, 0.2) is 17.3 Å². The Kier molecular flexibility index (Phi) is 9.95. The maximum absolute atomic E-state index is 14.5. The standard InChI is InChI=1S/C37H36O8/c1-4-42-35(39)37(36(40)43-5-2)31(32(38)26-17-11-7-12-18-26)33(27-19-13-8-14-20-27)45-34(37)28-21-22-29(30(23-28)41-3)44-24-25-15-9-6-10-16-25/h6-23,31,33-34H,4-5,24H2,1-3H3/t31-,33+,34+/m1/s1. The fourth-order valence-corrected chi connectivity index (χ4v) is 5.87. The number of esters is 2. The molecule has 0 aromatic heterocycles. The zero-order valence-corrected chi connectivity index (χ0v) is 25.5. The summed E-state index contributed by atoms with van der Waals surface area (Å²) < 4.78 is 29.6. The summed E-state index contributed by atoms with van der Waals surface area (Å²) in [4.78, 5) is 43.0. The molecule has 0 N–H and O–H groups in total. The third kappa shape index (κ3) is 6.19. The largest absolute Gasteiger partial charge is 0.493 e. The van der Waals surface area contributed by atoms with Gasteiger partial charge in [0.1, 0.15) is 12.7 Å². The predicted molar refractivity (Wildman–Crippen MR) is 167 cm³/mol. The van der Waals surface area contributed by atoms with Gasteiger partial charge < -0.3 is 23.7 Å². The molecule has 0 radical (unpaired) electrons. The monoisotopic (exact) mass is 608 g/mol. The Bertz CT molecular complexity index is 1590. The zero-order valence-electron chi connectivity index (χ0n) is 25.5. The van der Waals surface area contributed by atoms with Gasteiger partial charge in [0.25, 0.3) is 0 Å². The summed E-state index contributed by atoms with van der Waals surface area (Å²) in [5.41, 5.74) is 0.162. The van der Waals surface area contributed by atoms with Gasteiger partial charge in [-0.2, -0.15) is 0 Å². The molecule has 0 saturated carbocycles. The van der Waals surface area contributed by atoms with Crippen molar-refractivity contribution in [3.05, 3.63) is 131 Å². The van der Waals surface area contributed by atoms with Crippen LogP contribution >= 0.6 is 0 Å². The van der Waals surface area contributed by atoms with E-state index in [0.29, 0.717) is 34.8 Å². The van der Waals surface area contributed by atoms with Crippen molar-refractivity contribution in [2.75, 3.05) is 20.3 Å². The molecule has 1 aliphatic heterocycles. The first-order chi connectivity index (χ1) is 21.9. The van der Waals surface area contributed by atoms with E-state index >= 15 is 0 Å². The Balaban J connectivity index is 1.68. The van der Waals surface area contributed by atoms with Crippen LogP contribution in [0.5, 0.6) is 11.5 Å². The van der Waals surface area contributed by atoms with Crippen LogP contribution in [0, 0.1) is 11.3 Å². The maximum atomic E-state index is 14.5. The van der Waals surface area contributed by atoms with Gasteiger partial charge in [-0.3, -0.25) is 14.4 Å². The minimum Gasteiger partial charge on any atom is -0.493 e. The Morgan fingerprint density at radius 2 is 1.29 bits per heavy atom. The topological polar surface area (TPSA) is 97.4 Å². The number of Topliss-reactive ketones (excluding diaryl/α,β-unsaturated/α-hetero) is 1. The number of ether oxygens (including phenoxy) is 5. The fourth-order valence-electron chi connectivity index (χ4n) is 5.87. The van der Waals surface area contributed by atoms with Gasteiger partial charge in [-0.1, -0.05) is 97.1 Å². The minimum absolute atomic E-state index is 0.0233. The molecule has 8 heteroatoms. The van der Waals surface area contributed by atoms with Gasteiger partial charge in [0.2, 0.25) is 5.41 Å². The molecule has 232 valence electrons. The molecule has 0 spiro atoms. The molecular formula is C37H36O8. The van der Waals surface area contributed by atoms with Crippen molar-refractivity contribution < 1.29 is 38.1 Å². The Hall–Kier alpha value is -4.95. The lowest BCUT2D eigenvalue weighted by molar-refractivity contribution is -0.178. The third-order valence-corrected chi connectivity index (χ3v) is 7.91. The Morgan fingerprint density at radius 3 is 1.87 bits per heavy atom. The summed E-state index contributed by atoms with van der Waals surface area (Å²) in [6.45, 7) is 3.54. The second kappa shape index (κ2) is 14.2. The summed E-state index contributed by atoms with van der Waals surface area (Å²) in [5.74, 6) is -2.73. The SMILES string of the molecule is CCOC(=O)C1(C(=O)OCC)[C@H](C(=O)c2ccccc2)[C@H](c2ccccc2)O[C@H]1c1ccc(OCc2ccccc2)c(OC)c1. The van der Waals surface area contributed by atoms with Gasteiger partial charge in [-0.05, 0) is 42.7 Å². The number of benzene rings is 4. The lowest BCUT2D eigenvalue weighted by atomic mass is 9.66. The van der Waals surface area contributed by atoms with Gasteiger partial charge in [-0.25, -0.2) is 0 Å². The second-order valence-corrected chi connectivity index (χ2v) is 10.5. The third-order valence-electron chi connectivity index (χ3n) is 7.91. The molecule has 4 aromatic carbocycles. The van der Waals surface area contributed by atoms with E-state index < -0.39 is 41.3 Å². The van der Waals surface area contributed by atoms with Gasteiger partial charge in [0, 0.05) is 5.56 Å². The van der Waals surface area contributed by atoms with Crippen molar-refractivity contribution in [2.45, 2.75) is 32.7 Å². The maximum Gasteiger partial charge on any atom is 0.327 e. The van der Waals surface area contributed by atoms with Crippen molar-refractivity contribution in [1.29, 1.82) is 0 Å². The van der Waals surface area contributed by atoms with Crippen LogP contribution in [-0.4, -0.2) is 38.0 Å². The van der Waals surface area contributed by atoms with Gasteiger partial charge in [-0.15, -0.1) is 0 Å². The van der Waals surface area contributed by atoms with Crippen molar-refractivity contribution in [3.8, 4) is 11.5 Å². The quantitative estimate of drug-likeness (QED) is 0.0996. The fraction of sp³-hybridized carbons (Fsp3) is 0.270. The first-order valence-corrected chi connectivity index (χ1v) is 14.9. The number of carbonyl (C=O) groups excluding carboxylic acids is 3. The Morgan fingerprint density at radius 1 is 0.711 bits per heavy atom.